The largest absolute Gasteiger partial charge is 0.326 e. The summed E-state index contributed by atoms with van der Waals surface area (Å²) in [6.07, 6.45) is 6.93. The molecule has 1 amide bonds. The number of amides is 1. The van der Waals surface area contributed by atoms with E-state index in [0.29, 0.717) is 12.8 Å². The maximum atomic E-state index is 11.8. The fraction of sp³-hybridized carbons (Fsp3) is 0.286. The summed E-state index contributed by atoms with van der Waals surface area (Å²) in [5.74, 6) is 0.0285. The van der Waals surface area contributed by atoms with Crippen LogP contribution in [0.2, 0.25) is 0 Å². The van der Waals surface area contributed by atoms with E-state index in [1.165, 1.54) is 4.90 Å². The van der Waals surface area contributed by atoms with Crippen LogP contribution < -0.4 is 5.32 Å². The quantitative estimate of drug-likeness (QED) is 0.853. The molecule has 0 aliphatic carbocycles. The van der Waals surface area contributed by atoms with E-state index in [4.69, 9.17) is 0 Å². The molecule has 1 aromatic carbocycles. The second kappa shape index (κ2) is 6.43. The van der Waals surface area contributed by atoms with Gasteiger partial charge in [0.05, 0.1) is 6.20 Å². The van der Waals surface area contributed by atoms with Crippen molar-refractivity contribution in [1.29, 1.82) is 0 Å². The summed E-state index contributed by atoms with van der Waals surface area (Å²) in [6.45, 7) is 0. The Bertz CT molecular complexity index is 548. The van der Waals surface area contributed by atoms with Crippen LogP contribution in [0.5, 0.6) is 0 Å². The third-order valence-electron chi connectivity index (χ3n) is 2.77. The lowest BCUT2D eigenvalue weighted by molar-refractivity contribution is -0.116. The molecular weight excluding hydrogens is 258 g/mol. The molecule has 4 nitrogen and oxygen atoms in total. The van der Waals surface area contributed by atoms with Crippen LogP contribution in [0.4, 0.5) is 5.69 Å². The van der Waals surface area contributed by atoms with Gasteiger partial charge < -0.3 is 5.32 Å². The standard InChI is InChI=1S/C14H17N3OS/c1-17-10-11(9-15-17)3-8-14(18)16-12-4-6-13(19-2)7-5-12/h4-7,9-10H,3,8H2,1-2H3,(H,16,18). The second-order valence-corrected chi connectivity index (χ2v) is 5.18. The molecule has 2 rings (SSSR count). The Morgan fingerprint density at radius 2 is 2.11 bits per heavy atom. The minimum atomic E-state index is 0.0285. The first kappa shape index (κ1) is 13.7. The lowest BCUT2D eigenvalue weighted by Gasteiger charge is -2.05. The molecule has 0 radical (unpaired) electrons. The Kier molecular flexibility index (Phi) is 4.63. The number of nitrogens with one attached hydrogen (secondary N) is 1. The van der Waals surface area contributed by atoms with Crippen LogP contribution in [0.15, 0.2) is 41.6 Å². The van der Waals surface area contributed by atoms with E-state index in [1.54, 1.807) is 22.6 Å². The molecule has 0 aliphatic heterocycles. The van der Waals surface area contributed by atoms with Gasteiger partial charge in [0.1, 0.15) is 0 Å². The van der Waals surface area contributed by atoms with Gasteiger partial charge >= 0.3 is 0 Å². The predicted octanol–water partition coefficient (Wildman–Crippen LogP) is 2.71. The van der Waals surface area contributed by atoms with Gasteiger partial charge in [-0.25, -0.2) is 0 Å². The smallest absolute Gasteiger partial charge is 0.224 e. The highest BCUT2D eigenvalue weighted by Crippen LogP contribution is 2.17. The number of aromatic nitrogens is 2. The van der Waals surface area contributed by atoms with E-state index in [0.717, 1.165) is 11.3 Å². The molecule has 2 aromatic rings. The first-order chi connectivity index (χ1) is 9.17. The molecule has 0 atom stereocenters. The molecule has 5 heteroatoms. The molecule has 0 saturated heterocycles. The summed E-state index contributed by atoms with van der Waals surface area (Å²) in [6, 6.07) is 7.85. The van der Waals surface area contributed by atoms with Crippen molar-refractivity contribution in [3.63, 3.8) is 0 Å². The second-order valence-electron chi connectivity index (χ2n) is 4.30. The van der Waals surface area contributed by atoms with Crippen molar-refractivity contribution in [2.75, 3.05) is 11.6 Å². The molecule has 1 N–H and O–H groups in total. The third-order valence-corrected chi connectivity index (χ3v) is 3.52. The van der Waals surface area contributed by atoms with Gasteiger partial charge in [0.15, 0.2) is 0 Å². The first-order valence-electron chi connectivity index (χ1n) is 6.09. The van der Waals surface area contributed by atoms with E-state index < -0.39 is 0 Å². The summed E-state index contributed by atoms with van der Waals surface area (Å²) in [7, 11) is 1.87. The Morgan fingerprint density at radius 1 is 1.37 bits per heavy atom. The molecule has 100 valence electrons. The molecule has 1 aromatic heterocycles. The molecule has 0 unspecified atom stereocenters. The number of nitrogens with zero attached hydrogens (tertiary/aromatic N) is 2. The highest BCUT2D eigenvalue weighted by atomic mass is 32.2. The van der Waals surface area contributed by atoms with Gasteiger partial charge in [-0.3, -0.25) is 9.48 Å². The maximum absolute atomic E-state index is 11.8. The van der Waals surface area contributed by atoms with Crippen LogP contribution in [0.25, 0.3) is 0 Å². The van der Waals surface area contributed by atoms with E-state index in [9.17, 15) is 4.79 Å². The number of hydrogen-bond donors (Lipinski definition) is 1. The van der Waals surface area contributed by atoms with Crippen molar-refractivity contribution < 1.29 is 4.79 Å². The average Bonchev–Trinajstić information content (AvgIpc) is 2.83. The number of thioether (sulfide) groups is 1. The van der Waals surface area contributed by atoms with Crippen molar-refractivity contribution in [2.24, 2.45) is 7.05 Å². The van der Waals surface area contributed by atoms with E-state index in [1.807, 2.05) is 43.8 Å². The number of hydrogen-bond acceptors (Lipinski definition) is 3. The van der Waals surface area contributed by atoms with Gasteiger partial charge in [0, 0.05) is 30.2 Å². The molecular formula is C14H17N3OS. The third kappa shape index (κ3) is 4.13. The minimum absolute atomic E-state index is 0.0285. The number of anilines is 1. The van der Waals surface area contributed by atoms with Crippen molar-refractivity contribution in [3.05, 3.63) is 42.2 Å². The average molecular weight is 275 g/mol. The fourth-order valence-corrected chi connectivity index (χ4v) is 2.16. The number of aryl methyl sites for hydroxylation is 2. The zero-order chi connectivity index (χ0) is 13.7. The van der Waals surface area contributed by atoms with Crippen LogP contribution in [-0.2, 0) is 18.3 Å². The Balaban J connectivity index is 1.83. The highest BCUT2D eigenvalue weighted by molar-refractivity contribution is 7.98. The SMILES string of the molecule is CSc1ccc(NC(=O)CCc2cnn(C)c2)cc1. The van der Waals surface area contributed by atoms with Crippen LogP contribution in [0.3, 0.4) is 0 Å². The molecule has 0 bridgehead atoms. The van der Waals surface area contributed by atoms with Crippen molar-refractivity contribution >= 4 is 23.4 Å². The van der Waals surface area contributed by atoms with Gasteiger partial charge in [-0.1, -0.05) is 0 Å². The topological polar surface area (TPSA) is 46.9 Å². The zero-order valence-electron chi connectivity index (χ0n) is 11.1. The maximum Gasteiger partial charge on any atom is 0.224 e. The summed E-state index contributed by atoms with van der Waals surface area (Å²) >= 11 is 1.68. The molecule has 1 heterocycles. The summed E-state index contributed by atoms with van der Waals surface area (Å²) in [4.78, 5) is 13.0. The molecule has 0 fully saturated rings. The molecule has 0 spiro atoms. The van der Waals surface area contributed by atoms with E-state index in [2.05, 4.69) is 10.4 Å². The number of rotatable bonds is 5. The lowest BCUT2D eigenvalue weighted by Crippen LogP contribution is -2.12. The van der Waals surface area contributed by atoms with Crippen molar-refractivity contribution in [3.8, 4) is 0 Å². The van der Waals surface area contributed by atoms with Crippen LogP contribution in [-0.4, -0.2) is 21.9 Å². The summed E-state index contributed by atoms with van der Waals surface area (Å²) in [5.41, 5.74) is 1.92. The fourth-order valence-electron chi connectivity index (χ4n) is 1.76. The summed E-state index contributed by atoms with van der Waals surface area (Å²) < 4.78 is 1.74. The Morgan fingerprint density at radius 3 is 2.68 bits per heavy atom. The van der Waals surface area contributed by atoms with E-state index in [-0.39, 0.29) is 5.91 Å². The van der Waals surface area contributed by atoms with Gasteiger partial charge in [-0.15, -0.1) is 11.8 Å². The molecule has 0 saturated carbocycles. The molecule has 0 aliphatic rings. The highest BCUT2D eigenvalue weighted by Gasteiger charge is 2.04. The van der Waals surface area contributed by atoms with Gasteiger partial charge in [-0.05, 0) is 42.5 Å². The van der Waals surface area contributed by atoms with Gasteiger partial charge in [-0.2, -0.15) is 5.10 Å². The monoisotopic (exact) mass is 275 g/mol. The van der Waals surface area contributed by atoms with Gasteiger partial charge in [0.25, 0.3) is 0 Å². The van der Waals surface area contributed by atoms with Crippen LogP contribution in [0, 0.1) is 0 Å². The van der Waals surface area contributed by atoms with Crippen LogP contribution >= 0.6 is 11.8 Å². The number of benzene rings is 1. The first-order valence-corrected chi connectivity index (χ1v) is 7.31. The predicted molar refractivity (Wildman–Crippen MR) is 78.4 cm³/mol. The minimum Gasteiger partial charge on any atom is -0.326 e. The van der Waals surface area contributed by atoms with E-state index >= 15 is 0 Å². The van der Waals surface area contributed by atoms with Crippen molar-refractivity contribution in [1.82, 2.24) is 9.78 Å². The Labute approximate surface area is 117 Å². The zero-order valence-corrected chi connectivity index (χ0v) is 11.9. The summed E-state index contributed by atoms with van der Waals surface area (Å²) in [5, 5.41) is 6.98. The van der Waals surface area contributed by atoms with Crippen LogP contribution in [0.1, 0.15) is 12.0 Å². The normalized spacial score (nSPS) is 10.4. The molecule has 19 heavy (non-hydrogen) atoms. The number of carbonyl (C=O) groups is 1. The van der Waals surface area contributed by atoms with Crippen molar-refractivity contribution in [2.45, 2.75) is 17.7 Å². The van der Waals surface area contributed by atoms with Gasteiger partial charge in [0.2, 0.25) is 5.91 Å². The lowest BCUT2D eigenvalue weighted by atomic mass is 10.2. The Hall–Kier alpha value is -1.75. The number of carbonyl (C=O) groups excluding carboxylic acids is 1.